The van der Waals surface area contributed by atoms with Crippen molar-refractivity contribution in [2.45, 2.75) is 32.2 Å². The average Bonchev–Trinajstić information content (AvgIpc) is 3.27. The summed E-state index contributed by atoms with van der Waals surface area (Å²) in [5.74, 6) is -1.53. The van der Waals surface area contributed by atoms with E-state index in [1.54, 1.807) is 32.3 Å². The van der Waals surface area contributed by atoms with Gasteiger partial charge in [-0.15, -0.1) is 0 Å². The van der Waals surface area contributed by atoms with Crippen LogP contribution in [0.4, 0.5) is 14.6 Å². The van der Waals surface area contributed by atoms with Crippen LogP contribution in [0.25, 0.3) is 11.3 Å². The molecule has 9 nitrogen and oxygen atoms in total. The molecule has 192 valence electrons. The normalized spacial score (nSPS) is 11.7. The molecule has 36 heavy (non-hydrogen) atoms. The number of pyridine rings is 1. The van der Waals surface area contributed by atoms with E-state index in [2.05, 4.69) is 26.0 Å². The number of nitrogens with two attached hydrogens (primary N) is 1. The first-order valence-electron chi connectivity index (χ1n) is 11.7. The quantitative estimate of drug-likeness (QED) is 0.303. The molecule has 5 N–H and O–H groups in total. The number of rotatable bonds is 12. The zero-order valence-electron chi connectivity index (χ0n) is 20.4. The van der Waals surface area contributed by atoms with Crippen LogP contribution in [0, 0.1) is 11.6 Å². The van der Waals surface area contributed by atoms with E-state index in [4.69, 9.17) is 5.73 Å². The molecule has 2 amide bonds. The molecule has 0 aliphatic heterocycles. The van der Waals surface area contributed by atoms with Gasteiger partial charge in [0, 0.05) is 44.4 Å². The number of amides is 2. The van der Waals surface area contributed by atoms with Gasteiger partial charge in [0.05, 0.1) is 11.8 Å². The molecule has 0 aliphatic rings. The number of benzene rings is 1. The first-order valence-corrected chi connectivity index (χ1v) is 11.7. The number of aryl methyl sites for hydroxylation is 1. The Hall–Kier alpha value is -3.86. The summed E-state index contributed by atoms with van der Waals surface area (Å²) in [6.07, 6.45) is 4.45. The standard InChI is InChI=1S/C25H31F2N7O2/c1-16(32-22(35)7-4-9-28)13-30-25(36)20-12-21(27)23(18-14-31-34(2)15-18)33-24(20)29-10-8-17-5-3-6-19(26)11-17/h3,5-6,11-12,14-16H,4,7-10,13,28H2,1-2H3,(H,29,33)(H,30,36)(H,32,35)/t16-/m1/s1. The summed E-state index contributed by atoms with van der Waals surface area (Å²) < 4.78 is 30.0. The highest BCUT2D eigenvalue weighted by Gasteiger charge is 2.20. The largest absolute Gasteiger partial charge is 0.369 e. The zero-order chi connectivity index (χ0) is 26.1. The molecule has 0 unspecified atom stereocenters. The van der Waals surface area contributed by atoms with Gasteiger partial charge < -0.3 is 21.7 Å². The Kier molecular flexibility index (Phi) is 9.46. The SMILES string of the molecule is C[C@H](CNC(=O)c1cc(F)c(-c2cnn(C)c2)nc1NCCc1cccc(F)c1)NC(=O)CCCN. The van der Waals surface area contributed by atoms with Crippen LogP contribution in [0.5, 0.6) is 0 Å². The minimum Gasteiger partial charge on any atom is -0.369 e. The van der Waals surface area contributed by atoms with Crippen LogP contribution in [-0.2, 0) is 18.3 Å². The summed E-state index contributed by atoms with van der Waals surface area (Å²) in [6, 6.07) is 6.99. The highest BCUT2D eigenvalue weighted by molar-refractivity contribution is 5.99. The van der Waals surface area contributed by atoms with Gasteiger partial charge >= 0.3 is 0 Å². The first-order chi connectivity index (χ1) is 17.3. The predicted molar refractivity (Wildman–Crippen MR) is 133 cm³/mol. The maximum Gasteiger partial charge on any atom is 0.255 e. The van der Waals surface area contributed by atoms with Crippen molar-refractivity contribution in [2.75, 3.05) is 25.0 Å². The second-order valence-corrected chi connectivity index (χ2v) is 8.50. The Labute approximate surface area is 208 Å². The maximum atomic E-state index is 15.0. The van der Waals surface area contributed by atoms with Gasteiger partial charge in [-0.1, -0.05) is 12.1 Å². The number of halogens is 2. The highest BCUT2D eigenvalue weighted by atomic mass is 19.1. The number of nitrogens with zero attached hydrogens (tertiary/aromatic N) is 3. The molecule has 0 aliphatic carbocycles. The fourth-order valence-electron chi connectivity index (χ4n) is 3.56. The third-order valence-electron chi connectivity index (χ3n) is 5.38. The highest BCUT2D eigenvalue weighted by Crippen LogP contribution is 2.25. The van der Waals surface area contributed by atoms with Gasteiger partial charge in [-0.3, -0.25) is 14.3 Å². The molecular formula is C25H31F2N7O2. The lowest BCUT2D eigenvalue weighted by Gasteiger charge is -2.17. The number of aromatic nitrogens is 3. The summed E-state index contributed by atoms with van der Waals surface area (Å²) in [5.41, 5.74) is 6.71. The van der Waals surface area contributed by atoms with Gasteiger partial charge in [0.2, 0.25) is 5.91 Å². The summed E-state index contributed by atoms with van der Waals surface area (Å²) >= 11 is 0. The molecule has 3 aromatic rings. The Bertz CT molecular complexity index is 1200. The van der Waals surface area contributed by atoms with Gasteiger partial charge in [0.15, 0.2) is 5.82 Å². The molecule has 1 aromatic carbocycles. The van der Waals surface area contributed by atoms with Gasteiger partial charge in [-0.05, 0) is 50.1 Å². The number of carbonyl (C=O) groups is 2. The first kappa shape index (κ1) is 26.7. The molecule has 2 aromatic heterocycles. The average molecular weight is 500 g/mol. The second kappa shape index (κ2) is 12.7. The lowest BCUT2D eigenvalue weighted by Crippen LogP contribution is -2.42. The van der Waals surface area contributed by atoms with Gasteiger partial charge in [-0.25, -0.2) is 13.8 Å². The van der Waals surface area contributed by atoms with Crippen molar-refractivity contribution < 1.29 is 18.4 Å². The second-order valence-electron chi connectivity index (χ2n) is 8.50. The van der Waals surface area contributed by atoms with E-state index < -0.39 is 11.7 Å². The fraction of sp³-hybridized carbons (Fsp3) is 0.360. The van der Waals surface area contributed by atoms with Gasteiger partial charge in [0.1, 0.15) is 17.3 Å². The summed E-state index contributed by atoms with van der Waals surface area (Å²) in [5, 5.41) is 12.6. The molecule has 0 saturated carbocycles. The third-order valence-corrected chi connectivity index (χ3v) is 5.38. The minimum absolute atomic E-state index is 0.0149. The van der Waals surface area contributed by atoms with E-state index in [-0.39, 0.29) is 41.4 Å². The third kappa shape index (κ3) is 7.57. The number of hydrogen-bond donors (Lipinski definition) is 4. The summed E-state index contributed by atoms with van der Waals surface area (Å²) in [6.45, 7) is 2.65. The fourth-order valence-corrected chi connectivity index (χ4v) is 3.56. The van der Waals surface area contributed by atoms with Crippen LogP contribution in [0.15, 0.2) is 42.7 Å². The van der Waals surface area contributed by atoms with E-state index >= 15 is 0 Å². The van der Waals surface area contributed by atoms with E-state index in [1.165, 1.54) is 23.0 Å². The van der Waals surface area contributed by atoms with Crippen LogP contribution in [0.3, 0.4) is 0 Å². The lowest BCUT2D eigenvalue weighted by atomic mass is 10.1. The van der Waals surface area contributed by atoms with Gasteiger partial charge in [0.25, 0.3) is 5.91 Å². The summed E-state index contributed by atoms with van der Waals surface area (Å²) in [4.78, 5) is 29.2. The van der Waals surface area contributed by atoms with E-state index in [9.17, 15) is 18.4 Å². The van der Waals surface area contributed by atoms with Crippen LogP contribution in [-0.4, -0.2) is 52.3 Å². The van der Waals surface area contributed by atoms with E-state index in [1.807, 2.05) is 0 Å². The van der Waals surface area contributed by atoms with Crippen LogP contribution in [0.1, 0.15) is 35.7 Å². The van der Waals surface area contributed by atoms with Crippen molar-refractivity contribution in [1.82, 2.24) is 25.4 Å². The molecule has 0 spiro atoms. The Morgan fingerprint density at radius 3 is 2.72 bits per heavy atom. The van der Waals surface area contributed by atoms with Crippen LogP contribution < -0.4 is 21.7 Å². The Morgan fingerprint density at radius 1 is 1.22 bits per heavy atom. The van der Waals surface area contributed by atoms with Crippen molar-refractivity contribution in [3.63, 3.8) is 0 Å². The molecule has 11 heteroatoms. The molecular weight excluding hydrogens is 468 g/mol. The van der Waals surface area contributed by atoms with Crippen molar-refractivity contribution in [2.24, 2.45) is 12.8 Å². The Balaban J connectivity index is 1.75. The monoisotopic (exact) mass is 499 g/mol. The zero-order valence-corrected chi connectivity index (χ0v) is 20.4. The molecule has 0 radical (unpaired) electrons. The van der Waals surface area contributed by atoms with E-state index in [0.29, 0.717) is 37.9 Å². The number of nitrogens with one attached hydrogen (secondary N) is 3. The molecule has 0 fully saturated rings. The van der Waals surface area contributed by atoms with Crippen molar-refractivity contribution >= 4 is 17.6 Å². The van der Waals surface area contributed by atoms with Crippen LogP contribution in [0.2, 0.25) is 0 Å². The minimum atomic E-state index is -0.674. The van der Waals surface area contributed by atoms with Crippen molar-refractivity contribution in [3.8, 4) is 11.3 Å². The predicted octanol–water partition coefficient (Wildman–Crippen LogP) is 2.39. The number of anilines is 1. The molecule has 0 bridgehead atoms. The molecule has 3 rings (SSSR count). The van der Waals surface area contributed by atoms with E-state index in [0.717, 1.165) is 11.6 Å². The summed E-state index contributed by atoms with van der Waals surface area (Å²) in [7, 11) is 1.71. The molecule has 0 saturated heterocycles. The topological polar surface area (TPSA) is 127 Å². The smallest absolute Gasteiger partial charge is 0.255 e. The van der Waals surface area contributed by atoms with Crippen molar-refractivity contribution in [3.05, 3.63) is 65.5 Å². The van der Waals surface area contributed by atoms with Crippen LogP contribution >= 0.6 is 0 Å². The lowest BCUT2D eigenvalue weighted by molar-refractivity contribution is -0.121. The molecule has 1 atom stereocenters. The van der Waals surface area contributed by atoms with Crippen molar-refractivity contribution in [1.29, 1.82) is 0 Å². The maximum absolute atomic E-state index is 15.0. The molecule has 2 heterocycles. The number of hydrogen-bond acceptors (Lipinski definition) is 6. The number of carbonyl (C=O) groups excluding carboxylic acids is 2. The van der Waals surface area contributed by atoms with Gasteiger partial charge in [-0.2, -0.15) is 5.10 Å². The Morgan fingerprint density at radius 2 is 2.03 bits per heavy atom.